The standard InChI is InChI=1S/C24H18N4O7/c29-22(25-11-13-9-20(23(30)31)28-34-13)19-10-21(35-27-19)26-24(32)33-12-18-16-7-3-1-5-14(16)15-6-2-4-8-17(15)18/h1-10,18H,11-12H2,(H,25,29)(H,26,32)(H,30,31). The number of nitrogens with zero attached hydrogens (tertiary/aromatic N) is 2. The third-order valence-corrected chi connectivity index (χ3v) is 5.51. The highest BCUT2D eigenvalue weighted by atomic mass is 16.6. The summed E-state index contributed by atoms with van der Waals surface area (Å²) in [6, 6.07) is 18.4. The zero-order chi connectivity index (χ0) is 24.4. The van der Waals surface area contributed by atoms with Gasteiger partial charge in [0.1, 0.15) is 6.61 Å². The SMILES string of the molecule is O=C(Nc1cc(C(=O)NCc2cc(C(=O)O)no2)no1)OCC1c2ccccc2-c2ccccc21. The summed E-state index contributed by atoms with van der Waals surface area (Å²) in [5.41, 5.74) is 4.03. The Hall–Kier alpha value is -4.93. The van der Waals surface area contributed by atoms with Crippen LogP contribution in [-0.2, 0) is 11.3 Å². The van der Waals surface area contributed by atoms with E-state index >= 15 is 0 Å². The van der Waals surface area contributed by atoms with E-state index in [0.717, 1.165) is 22.3 Å². The molecular weight excluding hydrogens is 456 g/mol. The predicted octanol–water partition coefficient (Wildman–Crippen LogP) is 3.65. The van der Waals surface area contributed by atoms with Gasteiger partial charge in [0.05, 0.1) is 6.54 Å². The van der Waals surface area contributed by atoms with Crippen LogP contribution in [0.3, 0.4) is 0 Å². The van der Waals surface area contributed by atoms with Gasteiger partial charge in [-0.25, -0.2) is 9.59 Å². The second-order valence-corrected chi connectivity index (χ2v) is 7.69. The summed E-state index contributed by atoms with van der Waals surface area (Å²) in [6.45, 7) is 0.0119. The van der Waals surface area contributed by atoms with Crippen molar-refractivity contribution < 1.29 is 33.3 Å². The number of rotatable bonds is 7. The van der Waals surface area contributed by atoms with Crippen molar-refractivity contribution >= 4 is 23.9 Å². The van der Waals surface area contributed by atoms with E-state index in [0.29, 0.717) is 0 Å². The molecule has 0 fully saturated rings. The van der Waals surface area contributed by atoms with E-state index in [1.807, 2.05) is 48.5 Å². The van der Waals surface area contributed by atoms with Gasteiger partial charge in [0.25, 0.3) is 5.91 Å². The molecule has 35 heavy (non-hydrogen) atoms. The first-order chi connectivity index (χ1) is 17.0. The van der Waals surface area contributed by atoms with E-state index in [1.54, 1.807) is 0 Å². The lowest BCUT2D eigenvalue weighted by atomic mass is 9.98. The van der Waals surface area contributed by atoms with Gasteiger partial charge in [-0.1, -0.05) is 58.8 Å². The molecule has 3 N–H and O–H groups in total. The average Bonchev–Trinajstić information content (AvgIpc) is 3.59. The Labute approximate surface area is 197 Å². The number of hydrogen-bond acceptors (Lipinski definition) is 8. The summed E-state index contributed by atoms with van der Waals surface area (Å²) < 4.78 is 15.2. The van der Waals surface area contributed by atoms with E-state index in [-0.39, 0.29) is 42.1 Å². The van der Waals surface area contributed by atoms with Crippen LogP contribution in [0, 0.1) is 0 Å². The minimum atomic E-state index is -1.24. The van der Waals surface area contributed by atoms with Gasteiger partial charge < -0.3 is 24.2 Å². The number of carbonyl (C=O) groups is 3. The fourth-order valence-corrected chi connectivity index (χ4v) is 3.93. The lowest BCUT2D eigenvalue weighted by Crippen LogP contribution is -2.22. The number of fused-ring (bicyclic) bond motifs is 3. The molecule has 0 atom stereocenters. The fourth-order valence-electron chi connectivity index (χ4n) is 3.93. The van der Waals surface area contributed by atoms with Crippen LogP contribution in [0.25, 0.3) is 11.1 Å². The monoisotopic (exact) mass is 474 g/mol. The Balaban J connectivity index is 1.16. The lowest BCUT2D eigenvalue weighted by molar-refractivity contribution is 0.0685. The normalized spacial score (nSPS) is 12.0. The van der Waals surface area contributed by atoms with Crippen molar-refractivity contribution in [1.29, 1.82) is 0 Å². The Morgan fingerprint density at radius 2 is 1.57 bits per heavy atom. The van der Waals surface area contributed by atoms with Crippen molar-refractivity contribution in [3.8, 4) is 11.1 Å². The second kappa shape index (κ2) is 9.14. The van der Waals surface area contributed by atoms with Crippen LogP contribution in [0.15, 0.2) is 69.7 Å². The number of aromatic nitrogens is 2. The summed E-state index contributed by atoms with van der Waals surface area (Å²) in [5, 5.41) is 20.7. The molecule has 2 aromatic heterocycles. The zero-order valence-corrected chi connectivity index (χ0v) is 18.1. The lowest BCUT2D eigenvalue weighted by Gasteiger charge is -2.13. The maximum Gasteiger partial charge on any atom is 0.414 e. The first kappa shape index (κ1) is 21.9. The predicted molar refractivity (Wildman–Crippen MR) is 120 cm³/mol. The van der Waals surface area contributed by atoms with Crippen molar-refractivity contribution in [1.82, 2.24) is 15.6 Å². The van der Waals surface area contributed by atoms with Crippen LogP contribution in [0.4, 0.5) is 10.7 Å². The van der Waals surface area contributed by atoms with Crippen molar-refractivity contribution in [3.05, 3.63) is 88.9 Å². The number of amides is 2. The van der Waals surface area contributed by atoms with Crippen LogP contribution in [0.2, 0.25) is 0 Å². The number of ether oxygens (including phenoxy) is 1. The smallest absolute Gasteiger partial charge is 0.414 e. The molecule has 176 valence electrons. The Morgan fingerprint density at radius 1 is 0.914 bits per heavy atom. The maximum absolute atomic E-state index is 12.4. The summed E-state index contributed by atoms with van der Waals surface area (Å²) in [6.07, 6.45) is -0.752. The molecule has 5 rings (SSSR count). The minimum Gasteiger partial charge on any atom is -0.476 e. The highest BCUT2D eigenvalue weighted by molar-refractivity contribution is 5.93. The van der Waals surface area contributed by atoms with Crippen molar-refractivity contribution in [2.24, 2.45) is 0 Å². The average molecular weight is 474 g/mol. The molecule has 0 bridgehead atoms. The van der Waals surface area contributed by atoms with Gasteiger partial charge in [-0.3, -0.25) is 10.1 Å². The highest BCUT2D eigenvalue weighted by Crippen LogP contribution is 2.44. The number of aromatic carboxylic acids is 1. The fraction of sp³-hybridized carbons (Fsp3) is 0.125. The zero-order valence-electron chi connectivity index (χ0n) is 18.1. The molecule has 2 heterocycles. The maximum atomic E-state index is 12.4. The minimum absolute atomic E-state index is 0.0693. The molecule has 1 aliphatic rings. The molecule has 4 aromatic rings. The Kier molecular flexibility index (Phi) is 5.71. The topological polar surface area (TPSA) is 157 Å². The number of nitrogens with one attached hydrogen (secondary N) is 2. The van der Waals surface area contributed by atoms with Gasteiger partial charge in [0.15, 0.2) is 17.1 Å². The van der Waals surface area contributed by atoms with E-state index in [9.17, 15) is 14.4 Å². The first-order valence-electron chi connectivity index (χ1n) is 10.6. The number of anilines is 1. The molecule has 0 spiro atoms. The van der Waals surface area contributed by atoms with Gasteiger partial charge in [-0.15, -0.1) is 0 Å². The molecule has 0 unspecified atom stereocenters. The van der Waals surface area contributed by atoms with Crippen LogP contribution in [-0.4, -0.2) is 40.0 Å². The van der Waals surface area contributed by atoms with Gasteiger partial charge in [0, 0.05) is 18.1 Å². The summed E-state index contributed by atoms with van der Waals surface area (Å²) in [7, 11) is 0. The molecule has 0 saturated carbocycles. The number of carboxylic acid groups (broad SMARTS) is 1. The number of carboxylic acids is 1. The highest BCUT2D eigenvalue weighted by Gasteiger charge is 2.29. The largest absolute Gasteiger partial charge is 0.476 e. The third kappa shape index (κ3) is 4.47. The molecule has 1 aliphatic carbocycles. The van der Waals surface area contributed by atoms with Crippen LogP contribution < -0.4 is 10.6 Å². The van der Waals surface area contributed by atoms with E-state index in [1.165, 1.54) is 12.1 Å². The molecular formula is C24H18N4O7. The summed E-state index contributed by atoms with van der Waals surface area (Å²) in [5.74, 6) is -1.88. The molecule has 0 radical (unpaired) electrons. The molecule has 11 nitrogen and oxygen atoms in total. The van der Waals surface area contributed by atoms with Crippen molar-refractivity contribution in [3.63, 3.8) is 0 Å². The van der Waals surface area contributed by atoms with Gasteiger partial charge in [0.2, 0.25) is 5.88 Å². The second-order valence-electron chi connectivity index (χ2n) is 7.69. The molecule has 2 amide bonds. The molecule has 0 aliphatic heterocycles. The van der Waals surface area contributed by atoms with Gasteiger partial charge >= 0.3 is 12.1 Å². The van der Waals surface area contributed by atoms with Crippen molar-refractivity contribution in [2.75, 3.05) is 11.9 Å². The number of benzene rings is 2. The van der Waals surface area contributed by atoms with E-state index in [4.69, 9.17) is 18.9 Å². The molecule has 11 heteroatoms. The third-order valence-electron chi connectivity index (χ3n) is 5.51. The van der Waals surface area contributed by atoms with Gasteiger partial charge in [-0.2, -0.15) is 0 Å². The quantitative estimate of drug-likeness (QED) is 0.364. The Bertz CT molecular complexity index is 1380. The number of carbonyl (C=O) groups excluding carboxylic acids is 2. The van der Waals surface area contributed by atoms with E-state index in [2.05, 4.69) is 20.9 Å². The number of hydrogen-bond donors (Lipinski definition) is 3. The van der Waals surface area contributed by atoms with Crippen LogP contribution in [0.1, 0.15) is 43.8 Å². The van der Waals surface area contributed by atoms with Crippen LogP contribution >= 0.6 is 0 Å². The first-order valence-corrected chi connectivity index (χ1v) is 10.6. The molecule has 2 aromatic carbocycles. The summed E-state index contributed by atoms with van der Waals surface area (Å²) >= 11 is 0. The molecule has 0 saturated heterocycles. The van der Waals surface area contributed by atoms with Crippen LogP contribution in [0.5, 0.6) is 0 Å². The summed E-state index contributed by atoms with van der Waals surface area (Å²) in [4.78, 5) is 35.4. The van der Waals surface area contributed by atoms with Gasteiger partial charge in [-0.05, 0) is 22.3 Å². The Morgan fingerprint density at radius 3 is 2.23 bits per heavy atom. The van der Waals surface area contributed by atoms with Crippen molar-refractivity contribution in [2.45, 2.75) is 12.5 Å². The van der Waals surface area contributed by atoms with E-state index < -0.39 is 18.0 Å².